The summed E-state index contributed by atoms with van der Waals surface area (Å²) in [6.45, 7) is 1.22. The van der Waals surface area contributed by atoms with Crippen molar-refractivity contribution in [3.05, 3.63) is 0 Å². The Morgan fingerprint density at radius 1 is 1.55 bits per heavy atom. The van der Waals surface area contributed by atoms with Crippen molar-refractivity contribution in [2.75, 3.05) is 12.3 Å². The highest BCUT2D eigenvalue weighted by molar-refractivity contribution is 7.85. The Labute approximate surface area is 81.4 Å². The molecular formula is C4H9MgNO4S. The molecule has 62 valence electrons. The van der Waals surface area contributed by atoms with Crippen LogP contribution in [0.2, 0.25) is 0 Å². The van der Waals surface area contributed by atoms with Gasteiger partial charge in [-0.2, -0.15) is 8.42 Å². The van der Waals surface area contributed by atoms with Gasteiger partial charge in [0.1, 0.15) is 0 Å². The fraction of sp³-hybridized carbons (Fsp3) is 0.750. The van der Waals surface area contributed by atoms with Gasteiger partial charge in [0.15, 0.2) is 0 Å². The summed E-state index contributed by atoms with van der Waals surface area (Å²) in [5.74, 6) is -0.754. The molecule has 0 unspecified atom stereocenters. The van der Waals surface area contributed by atoms with E-state index in [2.05, 4.69) is 5.32 Å². The van der Waals surface area contributed by atoms with E-state index in [1.54, 1.807) is 0 Å². The van der Waals surface area contributed by atoms with Crippen LogP contribution in [-0.2, 0) is 14.9 Å². The maximum absolute atomic E-state index is 10.1. The first-order valence-corrected chi connectivity index (χ1v) is 4.22. The standard InChI is InChI=1S/C4H9NO4S.Mg/c1-4(6)5-2-3-10(7,8)9;/h2-3H2,1H3,(H,5,6)(H,7,8,9);. The Kier molecular flexibility index (Phi) is 7.17. The lowest BCUT2D eigenvalue weighted by Crippen LogP contribution is -2.26. The fourth-order valence-corrected chi connectivity index (χ4v) is 0.716. The van der Waals surface area contributed by atoms with Gasteiger partial charge in [0.25, 0.3) is 10.1 Å². The molecule has 0 aromatic rings. The monoisotopic (exact) mass is 191 g/mol. The van der Waals surface area contributed by atoms with Gasteiger partial charge in [0, 0.05) is 36.5 Å². The number of carbonyl (C=O) groups is 1. The van der Waals surface area contributed by atoms with Gasteiger partial charge in [0.2, 0.25) is 5.91 Å². The predicted octanol–water partition coefficient (Wildman–Crippen LogP) is -1.37. The minimum Gasteiger partial charge on any atom is -0.355 e. The number of amides is 1. The summed E-state index contributed by atoms with van der Waals surface area (Å²) in [4.78, 5) is 10.1. The highest BCUT2D eigenvalue weighted by atomic mass is 32.2. The molecule has 2 radical (unpaired) electrons. The van der Waals surface area contributed by atoms with Crippen molar-refractivity contribution in [1.82, 2.24) is 5.32 Å². The van der Waals surface area contributed by atoms with Crippen molar-refractivity contribution in [3.63, 3.8) is 0 Å². The van der Waals surface area contributed by atoms with E-state index in [0.717, 1.165) is 0 Å². The van der Waals surface area contributed by atoms with E-state index in [1.807, 2.05) is 0 Å². The number of hydrogen-bond acceptors (Lipinski definition) is 3. The van der Waals surface area contributed by atoms with Crippen molar-refractivity contribution in [2.24, 2.45) is 0 Å². The molecule has 2 N–H and O–H groups in total. The van der Waals surface area contributed by atoms with Gasteiger partial charge in [-0.3, -0.25) is 9.35 Å². The van der Waals surface area contributed by atoms with E-state index in [0.29, 0.717) is 0 Å². The van der Waals surface area contributed by atoms with Crippen molar-refractivity contribution < 1.29 is 17.8 Å². The van der Waals surface area contributed by atoms with Crippen LogP contribution in [0.4, 0.5) is 0 Å². The molecule has 0 spiro atoms. The first-order chi connectivity index (χ1) is 4.42. The quantitative estimate of drug-likeness (QED) is 0.426. The molecular weight excluding hydrogens is 182 g/mol. The number of rotatable bonds is 3. The summed E-state index contributed by atoms with van der Waals surface area (Å²) >= 11 is 0. The van der Waals surface area contributed by atoms with Crippen molar-refractivity contribution in [2.45, 2.75) is 6.92 Å². The van der Waals surface area contributed by atoms with Crippen LogP contribution in [0, 0.1) is 0 Å². The van der Waals surface area contributed by atoms with Crippen molar-refractivity contribution in [3.8, 4) is 0 Å². The lowest BCUT2D eigenvalue weighted by Gasteiger charge is -1.97. The summed E-state index contributed by atoms with van der Waals surface area (Å²) in [5.41, 5.74) is 0. The molecule has 0 heterocycles. The molecule has 7 heteroatoms. The van der Waals surface area contributed by atoms with Gasteiger partial charge >= 0.3 is 0 Å². The van der Waals surface area contributed by atoms with Crippen LogP contribution in [-0.4, -0.2) is 54.2 Å². The summed E-state index contributed by atoms with van der Waals surface area (Å²) < 4.78 is 28.2. The van der Waals surface area contributed by atoms with E-state index in [1.165, 1.54) is 6.92 Å². The molecule has 0 aromatic heterocycles. The second-order valence-corrected chi connectivity index (χ2v) is 3.34. The van der Waals surface area contributed by atoms with E-state index in [-0.39, 0.29) is 35.5 Å². The zero-order chi connectivity index (χ0) is 8.20. The summed E-state index contributed by atoms with van der Waals surface area (Å²) in [6, 6.07) is 0. The summed E-state index contributed by atoms with van der Waals surface area (Å²) in [7, 11) is -3.93. The van der Waals surface area contributed by atoms with Crippen LogP contribution in [0.3, 0.4) is 0 Å². The maximum atomic E-state index is 10.1. The van der Waals surface area contributed by atoms with Crippen LogP contribution < -0.4 is 5.32 Å². The molecule has 0 atom stereocenters. The minimum absolute atomic E-state index is 0. The molecule has 11 heavy (non-hydrogen) atoms. The molecule has 1 amide bonds. The van der Waals surface area contributed by atoms with Gasteiger partial charge in [0.05, 0.1) is 5.75 Å². The lowest BCUT2D eigenvalue weighted by molar-refractivity contribution is -0.118. The smallest absolute Gasteiger partial charge is 0.266 e. The van der Waals surface area contributed by atoms with Crippen LogP contribution in [0.5, 0.6) is 0 Å². The third-order valence-corrected chi connectivity index (χ3v) is 1.45. The number of nitrogens with one attached hydrogen (secondary N) is 1. The van der Waals surface area contributed by atoms with Crippen LogP contribution in [0.25, 0.3) is 0 Å². The predicted molar refractivity (Wildman–Crippen MR) is 40.9 cm³/mol. The first kappa shape index (κ1) is 13.7. The Bertz CT molecular complexity index is 212. The molecule has 0 aliphatic rings. The van der Waals surface area contributed by atoms with E-state index >= 15 is 0 Å². The van der Waals surface area contributed by atoms with Crippen LogP contribution in [0.1, 0.15) is 6.92 Å². The van der Waals surface area contributed by atoms with E-state index in [9.17, 15) is 13.2 Å². The third-order valence-electron chi connectivity index (χ3n) is 0.734. The van der Waals surface area contributed by atoms with Gasteiger partial charge in [-0.05, 0) is 0 Å². The minimum atomic E-state index is -3.93. The topological polar surface area (TPSA) is 83.5 Å². The van der Waals surface area contributed by atoms with Crippen molar-refractivity contribution in [1.29, 1.82) is 0 Å². The highest BCUT2D eigenvalue weighted by Gasteiger charge is 2.02. The number of hydrogen-bond donors (Lipinski definition) is 2. The molecule has 0 saturated heterocycles. The Morgan fingerprint density at radius 2 is 2.00 bits per heavy atom. The fourth-order valence-electron chi connectivity index (χ4n) is 0.356. The SMILES string of the molecule is CC(=O)NCCS(=O)(=O)O.[Mg]. The summed E-state index contributed by atoms with van der Waals surface area (Å²) in [6.07, 6.45) is 0. The Morgan fingerprint density at radius 3 is 2.27 bits per heavy atom. The molecule has 0 rings (SSSR count). The Balaban J connectivity index is 0. The molecule has 0 bridgehead atoms. The van der Waals surface area contributed by atoms with Gasteiger partial charge in [-0.25, -0.2) is 0 Å². The zero-order valence-corrected chi connectivity index (χ0v) is 8.43. The number of carbonyl (C=O) groups excluding carboxylic acids is 1. The molecule has 0 saturated carbocycles. The van der Waals surface area contributed by atoms with Crippen LogP contribution >= 0.6 is 0 Å². The molecule has 0 fully saturated rings. The molecule has 0 aliphatic heterocycles. The second-order valence-electron chi connectivity index (χ2n) is 1.77. The second kappa shape index (κ2) is 5.75. The third kappa shape index (κ3) is 13.2. The van der Waals surface area contributed by atoms with Crippen LogP contribution in [0.15, 0.2) is 0 Å². The first-order valence-electron chi connectivity index (χ1n) is 2.61. The Hall–Kier alpha value is 0.146. The molecule has 0 aliphatic carbocycles. The van der Waals surface area contributed by atoms with Gasteiger partial charge in [-0.15, -0.1) is 0 Å². The lowest BCUT2D eigenvalue weighted by atomic mass is 10.6. The average molecular weight is 191 g/mol. The van der Waals surface area contributed by atoms with E-state index < -0.39 is 15.9 Å². The largest absolute Gasteiger partial charge is 0.355 e. The van der Waals surface area contributed by atoms with Gasteiger partial charge in [-0.1, -0.05) is 0 Å². The van der Waals surface area contributed by atoms with Crippen molar-refractivity contribution >= 4 is 39.1 Å². The summed E-state index contributed by atoms with van der Waals surface area (Å²) in [5, 5.41) is 2.22. The average Bonchev–Trinajstić information content (AvgIpc) is 1.59. The zero-order valence-electron chi connectivity index (χ0n) is 6.20. The normalized spacial score (nSPS) is 10.0. The van der Waals surface area contributed by atoms with E-state index in [4.69, 9.17) is 4.55 Å². The molecule has 0 aromatic carbocycles. The highest BCUT2D eigenvalue weighted by Crippen LogP contribution is 1.77. The molecule has 5 nitrogen and oxygen atoms in total. The van der Waals surface area contributed by atoms with Gasteiger partial charge < -0.3 is 5.32 Å². The maximum Gasteiger partial charge on any atom is 0.266 e.